The monoisotopic (exact) mass is 185 g/mol. The Kier molecular flexibility index (Phi) is 3.31. The largest absolute Gasteiger partial charge is 0.480 e. The Morgan fingerprint density at radius 2 is 2.00 bits per heavy atom. The minimum Gasteiger partial charge on any atom is -0.480 e. The molecule has 1 rings (SSSR count). The van der Waals surface area contributed by atoms with Crippen molar-refractivity contribution < 1.29 is 9.90 Å². The van der Waals surface area contributed by atoms with Gasteiger partial charge in [0.2, 0.25) is 0 Å². The van der Waals surface area contributed by atoms with Crippen molar-refractivity contribution in [3.8, 4) is 0 Å². The van der Waals surface area contributed by atoms with E-state index in [1.54, 1.807) is 0 Å². The standard InChI is InChI=1S/C10H19NO2/c1-10(5-3-2-4-6-10)7-8(11)9(12)13/h8H,2-7,11H2,1H3,(H,12,13)/t8-/m1/s1. The summed E-state index contributed by atoms with van der Waals surface area (Å²) in [7, 11) is 0. The van der Waals surface area contributed by atoms with E-state index < -0.39 is 12.0 Å². The molecule has 3 heteroatoms. The number of carboxylic acids is 1. The molecule has 76 valence electrons. The van der Waals surface area contributed by atoms with Crippen molar-refractivity contribution >= 4 is 5.97 Å². The van der Waals surface area contributed by atoms with Gasteiger partial charge in [-0.1, -0.05) is 26.2 Å². The molecule has 0 unspecified atom stereocenters. The van der Waals surface area contributed by atoms with Crippen LogP contribution in [-0.2, 0) is 4.79 Å². The van der Waals surface area contributed by atoms with Gasteiger partial charge in [-0.3, -0.25) is 4.79 Å². The maximum absolute atomic E-state index is 10.6. The number of nitrogens with two attached hydrogens (primary N) is 1. The molecular weight excluding hydrogens is 166 g/mol. The molecule has 0 aromatic carbocycles. The van der Waals surface area contributed by atoms with Crippen molar-refractivity contribution in [1.29, 1.82) is 0 Å². The molecule has 0 aliphatic heterocycles. The van der Waals surface area contributed by atoms with Crippen LogP contribution in [0.4, 0.5) is 0 Å². The third-order valence-corrected chi connectivity index (χ3v) is 3.09. The van der Waals surface area contributed by atoms with Gasteiger partial charge < -0.3 is 10.8 Å². The Bertz CT molecular complexity index is 185. The normalized spacial score (nSPS) is 23.8. The second-order valence-corrected chi connectivity index (χ2v) is 4.52. The summed E-state index contributed by atoms with van der Waals surface area (Å²) in [6, 6.07) is -0.678. The lowest BCUT2D eigenvalue weighted by Gasteiger charge is -2.34. The zero-order chi connectivity index (χ0) is 9.90. The van der Waals surface area contributed by atoms with E-state index in [1.165, 1.54) is 19.3 Å². The van der Waals surface area contributed by atoms with E-state index in [4.69, 9.17) is 10.8 Å². The summed E-state index contributed by atoms with van der Waals surface area (Å²) in [5.74, 6) is -0.869. The van der Waals surface area contributed by atoms with Crippen LogP contribution in [0.3, 0.4) is 0 Å². The van der Waals surface area contributed by atoms with Crippen LogP contribution in [0.5, 0.6) is 0 Å². The number of carboxylic acid groups (broad SMARTS) is 1. The highest BCUT2D eigenvalue weighted by molar-refractivity contribution is 5.73. The van der Waals surface area contributed by atoms with E-state index in [0.29, 0.717) is 6.42 Å². The van der Waals surface area contributed by atoms with Crippen LogP contribution in [0.1, 0.15) is 45.4 Å². The molecule has 1 fully saturated rings. The van der Waals surface area contributed by atoms with Gasteiger partial charge in [0.05, 0.1) is 0 Å². The van der Waals surface area contributed by atoms with E-state index in [2.05, 4.69) is 6.92 Å². The SMILES string of the molecule is CC1(C[C@@H](N)C(=O)O)CCCCC1. The van der Waals surface area contributed by atoms with Gasteiger partial charge >= 0.3 is 5.97 Å². The Hall–Kier alpha value is -0.570. The maximum atomic E-state index is 10.6. The zero-order valence-electron chi connectivity index (χ0n) is 8.25. The van der Waals surface area contributed by atoms with Crippen molar-refractivity contribution in [3.05, 3.63) is 0 Å². The summed E-state index contributed by atoms with van der Waals surface area (Å²) in [6.45, 7) is 2.16. The summed E-state index contributed by atoms with van der Waals surface area (Å²) < 4.78 is 0. The number of rotatable bonds is 3. The average Bonchev–Trinajstić information content (AvgIpc) is 2.04. The molecule has 0 heterocycles. The van der Waals surface area contributed by atoms with Crippen LogP contribution in [-0.4, -0.2) is 17.1 Å². The second kappa shape index (κ2) is 4.09. The third kappa shape index (κ3) is 2.99. The highest BCUT2D eigenvalue weighted by Crippen LogP contribution is 2.39. The first-order valence-electron chi connectivity index (χ1n) is 5.02. The molecule has 3 N–H and O–H groups in total. The van der Waals surface area contributed by atoms with E-state index in [1.807, 2.05) is 0 Å². The van der Waals surface area contributed by atoms with Crippen LogP contribution in [0.25, 0.3) is 0 Å². The lowest BCUT2D eigenvalue weighted by molar-refractivity contribution is -0.139. The van der Waals surface area contributed by atoms with Crippen LogP contribution in [0, 0.1) is 5.41 Å². The third-order valence-electron chi connectivity index (χ3n) is 3.09. The molecule has 1 aliphatic carbocycles. The summed E-state index contributed by atoms with van der Waals surface area (Å²) in [6.07, 6.45) is 6.63. The summed E-state index contributed by atoms with van der Waals surface area (Å²) in [5, 5.41) is 8.70. The molecule has 13 heavy (non-hydrogen) atoms. The first-order chi connectivity index (χ1) is 6.03. The first kappa shape index (κ1) is 10.5. The van der Waals surface area contributed by atoms with E-state index in [-0.39, 0.29) is 5.41 Å². The van der Waals surface area contributed by atoms with Crippen molar-refractivity contribution in [2.24, 2.45) is 11.1 Å². The van der Waals surface area contributed by atoms with Gasteiger partial charge in [0, 0.05) is 0 Å². The molecule has 0 amide bonds. The second-order valence-electron chi connectivity index (χ2n) is 4.52. The fraction of sp³-hybridized carbons (Fsp3) is 0.900. The fourth-order valence-corrected chi connectivity index (χ4v) is 2.23. The number of aliphatic carboxylic acids is 1. The Morgan fingerprint density at radius 1 is 1.46 bits per heavy atom. The van der Waals surface area contributed by atoms with Crippen LogP contribution < -0.4 is 5.73 Å². The number of hydrogen-bond acceptors (Lipinski definition) is 2. The van der Waals surface area contributed by atoms with Gasteiger partial charge in [-0.15, -0.1) is 0 Å². The van der Waals surface area contributed by atoms with E-state index >= 15 is 0 Å². The molecule has 0 radical (unpaired) electrons. The van der Waals surface area contributed by atoms with Gasteiger partial charge in [0.25, 0.3) is 0 Å². The fourth-order valence-electron chi connectivity index (χ4n) is 2.23. The molecule has 0 saturated heterocycles. The van der Waals surface area contributed by atoms with Gasteiger partial charge in [-0.2, -0.15) is 0 Å². The number of hydrogen-bond donors (Lipinski definition) is 2. The zero-order valence-corrected chi connectivity index (χ0v) is 8.25. The molecule has 0 aromatic heterocycles. The predicted octanol–water partition coefficient (Wildman–Crippen LogP) is 1.76. The van der Waals surface area contributed by atoms with Gasteiger partial charge in [-0.05, 0) is 24.7 Å². The summed E-state index contributed by atoms with van der Waals surface area (Å²) in [4.78, 5) is 10.6. The molecule has 1 atom stereocenters. The first-order valence-corrected chi connectivity index (χ1v) is 5.02. The molecule has 0 bridgehead atoms. The van der Waals surface area contributed by atoms with Crippen LogP contribution in [0.2, 0.25) is 0 Å². The number of carbonyl (C=O) groups is 1. The smallest absolute Gasteiger partial charge is 0.320 e. The van der Waals surface area contributed by atoms with Gasteiger partial charge in [0.15, 0.2) is 0 Å². The minimum atomic E-state index is -0.869. The minimum absolute atomic E-state index is 0.177. The Labute approximate surface area is 79.3 Å². The molecule has 3 nitrogen and oxygen atoms in total. The van der Waals surface area contributed by atoms with E-state index in [9.17, 15) is 4.79 Å². The highest BCUT2D eigenvalue weighted by atomic mass is 16.4. The molecular formula is C10H19NO2. The molecule has 1 saturated carbocycles. The highest BCUT2D eigenvalue weighted by Gasteiger charge is 2.30. The van der Waals surface area contributed by atoms with Gasteiger partial charge in [-0.25, -0.2) is 0 Å². The average molecular weight is 185 g/mol. The van der Waals surface area contributed by atoms with Crippen molar-refractivity contribution in [2.75, 3.05) is 0 Å². The predicted molar refractivity (Wildman–Crippen MR) is 51.4 cm³/mol. The van der Waals surface area contributed by atoms with Crippen LogP contribution in [0.15, 0.2) is 0 Å². The molecule has 0 spiro atoms. The summed E-state index contributed by atoms with van der Waals surface area (Å²) in [5.41, 5.74) is 5.71. The molecule has 0 aromatic rings. The molecule has 1 aliphatic rings. The topological polar surface area (TPSA) is 63.3 Å². The maximum Gasteiger partial charge on any atom is 0.320 e. The lowest BCUT2D eigenvalue weighted by atomic mass is 9.72. The Morgan fingerprint density at radius 3 is 2.46 bits per heavy atom. The lowest BCUT2D eigenvalue weighted by Crippen LogP contribution is -2.37. The van der Waals surface area contributed by atoms with E-state index in [0.717, 1.165) is 12.8 Å². The van der Waals surface area contributed by atoms with Gasteiger partial charge in [0.1, 0.15) is 6.04 Å². The van der Waals surface area contributed by atoms with Crippen molar-refractivity contribution in [2.45, 2.75) is 51.5 Å². The van der Waals surface area contributed by atoms with Crippen molar-refractivity contribution in [1.82, 2.24) is 0 Å². The Balaban J connectivity index is 2.45. The quantitative estimate of drug-likeness (QED) is 0.704. The van der Waals surface area contributed by atoms with Crippen molar-refractivity contribution in [3.63, 3.8) is 0 Å². The summed E-state index contributed by atoms with van der Waals surface area (Å²) >= 11 is 0. The van der Waals surface area contributed by atoms with Crippen LogP contribution >= 0.6 is 0 Å².